The Balaban J connectivity index is 1.46. The molecular formula is C23H22N2O13P2-2. The van der Waals surface area contributed by atoms with Crippen LogP contribution in [0.15, 0.2) is 82.5 Å². The lowest BCUT2D eigenvalue weighted by molar-refractivity contribution is -0.246. The van der Waals surface area contributed by atoms with Gasteiger partial charge in [0.2, 0.25) is 0 Å². The molecule has 40 heavy (non-hydrogen) atoms. The van der Waals surface area contributed by atoms with Crippen LogP contribution in [0.4, 0.5) is 0 Å². The minimum absolute atomic E-state index is 0.0983. The predicted molar refractivity (Wildman–Crippen MR) is 130 cm³/mol. The molecule has 0 aliphatic carbocycles. The molecule has 0 spiro atoms. The van der Waals surface area contributed by atoms with Crippen molar-refractivity contribution in [3.63, 3.8) is 0 Å². The van der Waals surface area contributed by atoms with Gasteiger partial charge in [-0.3, -0.25) is 23.5 Å². The number of aromatic nitrogens is 2. The molecule has 214 valence electrons. The first-order chi connectivity index (χ1) is 18.9. The summed E-state index contributed by atoms with van der Waals surface area (Å²) in [5.74, 6) is -0.905. The zero-order valence-corrected chi connectivity index (χ0v) is 22.1. The van der Waals surface area contributed by atoms with Crippen LogP contribution in [0.5, 0.6) is 0 Å². The van der Waals surface area contributed by atoms with Crippen LogP contribution in [-0.2, 0) is 38.6 Å². The number of esters is 1. The van der Waals surface area contributed by atoms with E-state index in [-0.39, 0.29) is 5.56 Å². The van der Waals surface area contributed by atoms with Gasteiger partial charge in [-0.1, -0.05) is 48.5 Å². The number of phosphoric acid groups is 2. The molecule has 1 aromatic heterocycles. The van der Waals surface area contributed by atoms with E-state index >= 15 is 0 Å². The molecule has 15 nitrogen and oxygen atoms in total. The number of nitrogens with zero attached hydrogens (tertiary/aromatic N) is 1. The summed E-state index contributed by atoms with van der Waals surface area (Å²) >= 11 is 0. The highest BCUT2D eigenvalue weighted by atomic mass is 31.3. The quantitative estimate of drug-likeness (QED) is 0.224. The van der Waals surface area contributed by atoms with E-state index < -0.39 is 70.6 Å². The third-order valence-corrected chi connectivity index (χ3v) is 8.03. The zero-order valence-electron chi connectivity index (χ0n) is 20.3. The maximum Gasteiger partial charge on any atom is 0.338 e. The molecule has 3 aromatic rings. The SMILES string of the molecule is O=C(O[C@H]1C(O)[C@@H](COP(=O)([O-])OP(=O)([O-])OCc2ccccc2)O[C@H]1n1ccc(=O)[nH]c1=O)c1ccccc1. The number of hydrogen-bond donors (Lipinski definition) is 2. The number of aromatic amines is 1. The van der Waals surface area contributed by atoms with Gasteiger partial charge in [-0.2, -0.15) is 0 Å². The number of phosphoric ester groups is 2. The van der Waals surface area contributed by atoms with Crippen molar-refractivity contribution in [1.29, 1.82) is 0 Å². The van der Waals surface area contributed by atoms with E-state index in [1.54, 1.807) is 36.4 Å². The van der Waals surface area contributed by atoms with Crippen LogP contribution >= 0.6 is 15.6 Å². The van der Waals surface area contributed by atoms with Crippen molar-refractivity contribution >= 4 is 21.6 Å². The second kappa shape index (κ2) is 12.5. The van der Waals surface area contributed by atoms with Gasteiger partial charge >= 0.3 is 11.7 Å². The normalized spacial score (nSPS) is 23.7. The molecule has 2 N–H and O–H groups in total. The number of aliphatic hydroxyl groups excluding tert-OH is 1. The fourth-order valence-electron chi connectivity index (χ4n) is 3.66. The van der Waals surface area contributed by atoms with Crippen molar-refractivity contribution in [3.8, 4) is 0 Å². The van der Waals surface area contributed by atoms with Crippen LogP contribution in [0.25, 0.3) is 0 Å². The molecule has 0 bridgehead atoms. The average molecular weight is 596 g/mol. The third-order valence-electron chi connectivity index (χ3n) is 5.52. The number of rotatable bonds is 11. The van der Waals surface area contributed by atoms with E-state index in [1.807, 2.05) is 4.98 Å². The fourth-order valence-corrected chi connectivity index (χ4v) is 5.66. The van der Waals surface area contributed by atoms with Crippen molar-refractivity contribution in [2.45, 2.75) is 31.1 Å². The Morgan fingerprint density at radius 2 is 1.60 bits per heavy atom. The lowest BCUT2D eigenvalue weighted by atomic mass is 10.1. The molecule has 1 aliphatic rings. The summed E-state index contributed by atoms with van der Waals surface area (Å²) in [7, 11) is -11.0. The molecule has 0 saturated carbocycles. The molecule has 1 saturated heterocycles. The molecule has 3 unspecified atom stereocenters. The number of aliphatic hydroxyl groups is 1. The minimum Gasteiger partial charge on any atom is -0.756 e. The number of nitrogens with one attached hydrogen (secondary N) is 1. The Bertz CT molecular complexity index is 1530. The summed E-state index contributed by atoms with van der Waals surface area (Å²) in [4.78, 5) is 62.7. The van der Waals surface area contributed by atoms with Crippen LogP contribution < -0.4 is 21.0 Å². The van der Waals surface area contributed by atoms with Gasteiger partial charge in [0.1, 0.15) is 12.2 Å². The Labute approximate surface area is 225 Å². The first-order valence-electron chi connectivity index (χ1n) is 11.5. The maximum absolute atomic E-state index is 12.6. The summed E-state index contributed by atoms with van der Waals surface area (Å²) in [6.07, 6.45) is -5.45. The van der Waals surface area contributed by atoms with Crippen molar-refractivity contribution in [2.75, 3.05) is 6.61 Å². The minimum atomic E-state index is -5.58. The highest BCUT2D eigenvalue weighted by Gasteiger charge is 2.48. The molecular weight excluding hydrogens is 574 g/mol. The van der Waals surface area contributed by atoms with Gasteiger partial charge in [-0.15, -0.1) is 0 Å². The van der Waals surface area contributed by atoms with Crippen LogP contribution in [0, 0.1) is 0 Å². The molecule has 17 heteroatoms. The van der Waals surface area contributed by atoms with Crippen molar-refractivity contribution in [3.05, 3.63) is 105 Å². The predicted octanol–water partition coefficient (Wildman–Crippen LogP) is 0.207. The highest BCUT2D eigenvalue weighted by Crippen LogP contribution is 2.56. The van der Waals surface area contributed by atoms with Crippen molar-refractivity contribution in [2.24, 2.45) is 0 Å². The number of benzene rings is 2. The maximum atomic E-state index is 12.6. The smallest absolute Gasteiger partial charge is 0.338 e. The van der Waals surface area contributed by atoms with E-state index in [2.05, 4.69) is 13.4 Å². The summed E-state index contributed by atoms with van der Waals surface area (Å²) in [5, 5.41) is 10.8. The lowest BCUT2D eigenvalue weighted by Gasteiger charge is -2.31. The van der Waals surface area contributed by atoms with Crippen LogP contribution in [0.1, 0.15) is 22.1 Å². The summed E-state index contributed by atoms with van der Waals surface area (Å²) in [6, 6.07) is 16.6. The van der Waals surface area contributed by atoms with E-state index in [0.29, 0.717) is 5.56 Å². The van der Waals surface area contributed by atoms with E-state index in [9.17, 15) is 38.4 Å². The summed E-state index contributed by atoms with van der Waals surface area (Å²) in [6.45, 7) is -1.51. The summed E-state index contributed by atoms with van der Waals surface area (Å²) in [5.41, 5.74) is -1.20. The van der Waals surface area contributed by atoms with Crippen LogP contribution in [0.3, 0.4) is 0 Å². The third kappa shape index (κ3) is 7.70. The second-order valence-corrected chi connectivity index (χ2v) is 11.3. The largest absolute Gasteiger partial charge is 0.756 e. The van der Waals surface area contributed by atoms with Gasteiger partial charge in [0.25, 0.3) is 21.2 Å². The molecule has 0 amide bonds. The Kier molecular flexibility index (Phi) is 9.31. The monoisotopic (exact) mass is 596 g/mol. The van der Waals surface area contributed by atoms with Gasteiger partial charge in [0.05, 0.1) is 18.8 Å². The Hall–Kier alpha value is -3.23. The van der Waals surface area contributed by atoms with E-state index in [1.165, 1.54) is 24.3 Å². The molecule has 2 aromatic carbocycles. The topological polar surface area (TPSA) is 219 Å². The first kappa shape index (κ1) is 29.7. The molecule has 6 atom stereocenters. The van der Waals surface area contributed by atoms with E-state index in [4.69, 9.17) is 9.47 Å². The van der Waals surface area contributed by atoms with Crippen molar-refractivity contribution in [1.82, 2.24) is 9.55 Å². The van der Waals surface area contributed by atoms with Gasteiger partial charge < -0.3 is 33.4 Å². The molecule has 2 heterocycles. The van der Waals surface area contributed by atoms with Gasteiger partial charge in [-0.25, -0.2) is 13.9 Å². The number of carbonyl (C=O) groups is 1. The summed E-state index contributed by atoms with van der Waals surface area (Å²) < 4.78 is 49.2. The second-order valence-electron chi connectivity index (χ2n) is 8.34. The van der Waals surface area contributed by atoms with Gasteiger partial charge in [0.15, 0.2) is 12.3 Å². The van der Waals surface area contributed by atoms with Gasteiger partial charge in [0, 0.05) is 12.3 Å². The molecule has 1 fully saturated rings. The number of H-pyrrole nitrogens is 1. The van der Waals surface area contributed by atoms with Crippen molar-refractivity contribution < 1.29 is 51.6 Å². The Morgan fingerprint density at radius 1 is 0.975 bits per heavy atom. The zero-order chi connectivity index (χ0) is 28.9. The number of hydrogen-bond acceptors (Lipinski definition) is 13. The molecule has 1 aliphatic heterocycles. The number of carbonyl (C=O) groups excluding carboxylic acids is 1. The van der Waals surface area contributed by atoms with Crippen LogP contribution in [0.2, 0.25) is 0 Å². The van der Waals surface area contributed by atoms with E-state index in [0.717, 1.165) is 16.8 Å². The molecule has 4 rings (SSSR count). The molecule has 0 radical (unpaired) electrons. The number of ether oxygens (including phenoxy) is 2. The Morgan fingerprint density at radius 3 is 2.25 bits per heavy atom. The fraction of sp³-hybridized carbons (Fsp3) is 0.261. The van der Waals surface area contributed by atoms with Crippen LogP contribution in [-0.4, -0.2) is 45.5 Å². The first-order valence-corrected chi connectivity index (χ1v) is 14.4. The standard InChI is InChI=1S/C23H24N2O13P2/c26-18-11-12-25(23(29)24-18)21-20(37-22(28)16-9-5-2-6-10-16)19(27)17(36-21)14-35-40(32,33)38-39(30,31)34-13-15-7-3-1-4-8-15/h1-12,17,19-21,27H,13-14H2,(H,30,31)(H,32,33)(H,24,26,29)/p-2/t17-,19?,20+,21-/m1/s1. The highest BCUT2D eigenvalue weighted by molar-refractivity contribution is 7.59. The lowest BCUT2D eigenvalue weighted by Crippen LogP contribution is -2.40. The average Bonchev–Trinajstić information content (AvgIpc) is 3.21. The van der Waals surface area contributed by atoms with Gasteiger partial charge in [-0.05, 0) is 17.7 Å².